The number of hydrogen-bond donors (Lipinski definition) is 2. The molecule has 1 aliphatic rings. The van der Waals surface area contributed by atoms with Crippen molar-refractivity contribution in [3.8, 4) is 23.0 Å². The van der Waals surface area contributed by atoms with E-state index in [-0.39, 0.29) is 12.1 Å². The Hall–Kier alpha value is -4.42. The molecule has 5 rings (SSSR count). The predicted octanol–water partition coefficient (Wildman–Crippen LogP) is 4.24. The molecule has 1 aromatic carbocycles. The number of ether oxygens (including phenoxy) is 3. The fourth-order valence-corrected chi connectivity index (χ4v) is 4.77. The molecule has 4 aromatic rings. The first kappa shape index (κ1) is 27.2. The Morgan fingerprint density at radius 3 is 2.62 bits per heavy atom. The van der Waals surface area contributed by atoms with Gasteiger partial charge in [-0.25, -0.2) is 24.4 Å². The average Bonchev–Trinajstić information content (AvgIpc) is 3.52. The van der Waals surface area contributed by atoms with Crippen LogP contribution in [0, 0.1) is 12.9 Å². The summed E-state index contributed by atoms with van der Waals surface area (Å²) in [6.07, 6.45) is 5.11. The Kier molecular flexibility index (Phi) is 8.27. The van der Waals surface area contributed by atoms with Gasteiger partial charge in [0.1, 0.15) is 17.6 Å². The van der Waals surface area contributed by atoms with Crippen molar-refractivity contribution in [3.05, 3.63) is 78.1 Å². The molecular formula is C28H30FN7O4. The molecule has 0 radical (unpaired) electrons. The van der Waals surface area contributed by atoms with Crippen LogP contribution >= 0.6 is 0 Å². The highest BCUT2D eigenvalue weighted by atomic mass is 19.1. The number of pyridine rings is 1. The maximum Gasteiger partial charge on any atom is 0.320 e. The molecule has 1 fully saturated rings. The van der Waals surface area contributed by atoms with Crippen molar-refractivity contribution in [2.75, 3.05) is 26.1 Å². The third-order valence-electron chi connectivity index (χ3n) is 6.70. The summed E-state index contributed by atoms with van der Waals surface area (Å²) in [5, 5.41) is 10.8. The normalized spacial score (nSPS) is 18.4. The molecule has 0 bridgehead atoms. The largest absolute Gasteiger partial charge is 0.467 e. The predicted molar refractivity (Wildman–Crippen MR) is 145 cm³/mol. The van der Waals surface area contributed by atoms with Crippen molar-refractivity contribution in [3.63, 3.8) is 0 Å². The number of nitrogens with one attached hydrogen (secondary N) is 2. The van der Waals surface area contributed by atoms with Gasteiger partial charge in [0, 0.05) is 43.4 Å². The van der Waals surface area contributed by atoms with Crippen LogP contribution in [0.25, 0.3) is 16.9 Å². The van der Waals surface area contributed by atoms with Crippen molar-refractivity contribution >= 4 is 11.8 Å². The van der Waals surface area contributed by atoms with E-state index in [2.05, 4.69) is 25.6 Å². The zero-order chi connectivity index (χ0) is 28.1. The number of anilines is 1. The molecule has 1 aliphatic heterocycles. The molecule has 40 heavy (non-hydrogen) atoms. The van der Waals surface area contributed by atoms with Crippen LogP contribution in [0.3, 0.4) is 0 Å². The number of para-hydroxylation sites is 1. The summed E-state index contributed by atoms with van der Waals surface area (Å²) in [4.78, 5) is 25.4. The van der Waals surface area contributed by atoms with Gasteiger partial charge in [-0.3, -0.25) is 5.32 Å². The van der Waals surface area contributed by atoms with E-state index in [0.29, 0.717) is 42.1 Å². The Morgan fingerprint density at radius 1 is 1.15 bits per heavy atom. The number of benzene rings is 1. The van der Waals surface area contributed by atoms with Gasteiger partial charge in [-0.1, -0.05) is 18.2 Å². The highest BCUT2D eigenvalue weighted by Crippen LogP contribution is 2.35. The number of hydrogen-bond acceptors (Lipinski definition) is 8. The molecule has 2 N–H and O–H groups in total. The first-order chi connectivity index (χ1) is 19.5. The summed E-state index contributed by atoms with van der Waals surface area (Å²) in [5.41, 5.74) is 3.36. The van der Waals surface area contributed by atoms with Crippen molar-refractivity contribution in [2.45, 2.75) is 38.0 Å². The van der Waals surface area contributed by atoms with E-state index < -0.39 is 24.1 Å². The van der Waals surface area contributed by atoms with E-state index in [0.717, 1.165) is 11.3 Å². The summed E-state index contributed by atoms with van der Waals surface area (Å²) in [6, 6.07) is 11.9. The fraction of sp³-hybridized carbons (Fsp3) is 0.321. The van der Waals surface area contributed by atoms with Crippen LogP contribution in [0.15, 0.2) is 61.1 Å². The lowest BCUT2D eigenvalue weighted by atomic mass is 10.0. The monoisotopic (exact) mass is 547 g/mol. The van der Waals surface area contributed by atoms with Gasteiger partial charge in [-0.15, -0.1) is 0 Å². The zero-order valence-corrected chi connectivity index (χ0v) is 22.4. The lowest BCUT2D eigenvalue weighted by Crippen LogP contribution is -2.40. The van der Waals surface area contributed by atoms with Crippen LogP contribution in [0.2, 0.25) is 0 Å². The lowest BCUT2D eigenvalue weighted by molar-refractivity contribution is 0.0210. The molecule has 0 saturated carbocycles. The Balaban J connectivity index is 1.42. The Morgan fingerprint density at radius 2 is 1.93 bits per heavy atom. The van der Waals surface area contributed by atoms with Crippen LogP contribution in [0.5, 0.6) is 6.01 Å². The van der Waals surface area contributed by atoms with E-state index in [1.54, 1.807) is 30.3 Å². The Labute approximate surface area is 230 Å². The molecule has 12 heteroatoms. The van der Waals surface area contributed by atoms with Gasteiger partial charge >= 0.3 is 12.0 Å². The summed E-state index contributed by atoms with van der Waals surface area (Å²) < 4.78 is 32.1. The first-order valence-corrected chi connectivity index (χ1v) is 12.8. The topological polar surface area (TPSA) is 125 Å². The van der Waals surface area contributed by atoms with Gasteiger partial charge in [0.2, 0.25) is 5.95 Å². The van der Waals surface area contributed by atoms with Crippen LogP contribution in [0.4, 0.5) is 15.0 Å². The average molecular weight is 548 g/mol. The molecule has 4 heterocycles. The number of amides is 2. The number of rotatable bonds is 9. The third-order valence-corrected chi connectivity index (χ3v) is 6.70. The van der Waals surface area contributed by atoms with Gasteiger partial charge in [0.25, 0.3) is 0 Å². The highest BCUT2D eigenvalue weighted by molar-refractivity contribution is 5.91. The van der Waals surface area contributed by atoms with Crippen LogP contribution in [-0.4, -0.2) is 63.7 Å². The number of methoxy groups -OCH3 is 2. The molecule has 1 saturated heterocycles. The molecule has 208 valence electrons. The number of nitrogens with zero attached hydrogens (tertiary/aromatic N) is 5. The van der Waals surface area contributed by atoms with E-state index in [1.807, 2.05) is 37.3 Å². The standard InChI is InChI=1S/C28H30FN7O4/c1-17-24(19-15-31-28(39-3)32-16-19)35-36(20-7-5-4-6-8-20)26(17)34-27(37)33-22-14-21(10-12-38-2)40-25(22)18-9-11-30-23(29)13-18/h4-9,11,13,15-16,21-22,25H,10,12,14H2,1-3H3,(H2,33,34,37)/t21-,22-,25+/m1/s1. The summed E-state index contributed by atoms with van der Waals surface area (Å²) in [7, 11) is 3.12. The molecule has 11 nitrogen and oxygen atoms in total. The zero-order valence-electron chi connectivity index (χ0n) is 22.4. The first-order valence-electron chi connectivity index (χ1n) is 12.8. The summed E-state index contributed by atoms with van der Waals surface area (Å²) >= 11 is 0. The summed E-state index contributed by atoms with van der Waals surface area (Å²) in [6.45, 7) is 2.37. The second-order valence-corrected chi connectivity index (χ2v) is 9.34. The second kappa shape index (κ2) is 12.2. The van der Waals surface area contributed by atoms with Crippen molar-refractivity contribution in [2.24, 2.45) is 0 Å². The number of halogens is 1. The van der Waals surface area contributed by atoms with Crippen molar-refractivity contribution in [1.29, 1.82) is 0 Å². The molecule has 0 aliphatic carbocycles. The third kappa shape index (κ3) is 5.92. The molecule has 3 aromatic heterocycles. The van der Waals surface area contributed by atoms with Crippen LogP contribution in [0.1, 0.15) is 30.1 Å². The van der Waals surface area contributed by atoms with Gasteiger partial charge < -0.3 is 19.5 Å². The number of carbonyl (C=O) groups is 1. The van der Waals surface area contributed by atoms with E-state index in [9.17, 15) is 9.18 Å². The minimum Gasteiger partial charge on any atom is -0.467 e. The maximum absolute atomic E-state index is 13.9. The van der Waals surface area contributed by atoms with Gasteiger partial charge in [0.15, 0.2) is 0 Å². The van der Waals surface area contributed by atoms with Crippen LogP contribution in [-0.2, 0) is 9.47 Å². The lowest BCUT2D eigenvalue weighted by Gasteiger charge is -2.21. The molecule has 0 unspecified atom stereocenters. The Bertz CT molecular complexity index is 1450. The summed E-state index contributed by atoms with van der Waals surface area (Å²) in [5.74, 6) is -0.127. The molecular weight excluding hydrogens is 517 g/mol. The minimum atomic E-state index is -0.609. The minimum absolute atomic E-state index is 0.162. The van der Waals surface area contributed by atoms with Crippen LogP contribution < -0.4 is 15.4 Å². The van der Waals surface area contributed by atoms with E-state index in [4.69, 9.17) is 19.3 Å². The second-order valence-electron chi connectivity index (χ2n) is 9.34. The van der Waals surface area contributed by atoms with Gasteiger partial charge in [-0.05, 0) is 49.6 Å². The molecule has 2 amide bonds. The molecule has 3 atom stereocenters. The SMILES string of the molecule is COCC[C@@H]1C[C@@H](NC(=O)Nc2c(C)c(-c3cnc(OC)nc3)nn2-c2ccccc2)[C@H](c2ccnc(F)c2)O1. The van der Waals surface area contributed by atoms with E-state index >= 15 is 0 Å². The molecule has 0 spiro atoms. The van der Waals surface area contributed by atoms with Gasteiger partial charge in [-0.2, -0.15) is 9.49 Å². The van der Waals surface area contributed by atoms with Gasteiger partial charge in [0.05, 0.1) is 24.9 Å². The smallest absolute Gasteiger partial charge is 0.320 e. The fourth-order valence-electron chi connectivity index (χ4n) is 4.77. The number of carbonyl (C=O) groups excluding carboxylic acids is 1. The number of aromatic nitrogens is 5. The quantitative estimate of drug-likeness (QED) is 0.298. The van der Waals surface area contributed by atoms with Crippen molar-refractivity contribution < 1.29 is 23.4 Å². The van der Waals surface area contributed by atoms with E-state index in [1.165, 1.54) is 19.4 Å². The number of urea groups is 1. The van der Waals surface area contributed by atoms with Crippen molar-refractivity contribution in [1.82, 2.24) is 30.0 Å². The maximum atomic E-state index is 13.9. The highest BCUT2D eigenvalue weighted by Gasteiger charge is 2.37.